The monoisotopic (exact) mass is 240 g/mol. The lowest BCUT2D eigenvalue weighted by atomic mass is 10.0. The summed E-state index contributed by atoms with van der Waals surface area (Å²) in [5, 5.41) is 9.00. The second-order valence-corrected chi connectivity index (χ2v) is 3.66. The van der Waals surface area contributed by atoms with E-state index in [4.69, 9.17) is 10.00 Å². The van der Waals surface area contributed by atoms with Crippen LogP contribution in [0.4, 0.5) is 0 Å². The zero-order valence-corrected chi connectivity index (χ0v) is 9.93. The first-order valence-corrected chi connectivity index (χ1v) is 5.61. The fraction of sp³-hybridized carbons (Fsp3) is 0.143. The lowest BCUT2D eigenvalue weighted by molar-refractivity contribution is 0.340. The Kier molecular flexibility index (Phi) is 3.44. The quantitative estimate of drug-likeness (QED) is 0.895. The van der Waals surface area contributed by atoms with Gasteiger partial charge in [-0.15, -0.1) is 0 Å². The van der Waals surface area contributed by atoms with E-state index in [1.165, 1.54) is 6.20 Å². The zero-order valence-electron chi connectivity index (χ0n) is 9.93. The first-order valence-electron chi connectivity index (χ1n) is 5.61. The predicted molar refractivity (Wildman–Crippen MR) is 68.4 cm³/mol. The minimum atomic E-state index is -0.371. The van der Waals surface area contributed by atoms with E-state index in [9.17, 15) is 4.79 Å². The third kappa shape index (κ3) is 2.25. The van der Waals surface area contributed by atoms with Gasteiger partial charge in [-0.05, 0) is 30.7 Å². The van der Waals surface area contributed by atoms with Crippen LogP contribution < -0.4 is 10.3 Å². The van der Waals surface area contributed by atoms with Gasteiger partial charge in [0.25, 0.3) is 5.56 Å². The van der Waals surface area contributed by atoms with Crippen molar-refractivity contribution < 1.29 is 4.74 Å². The van der Waals surface area contributed by atoms with Crippen molar-refractivity contribution in [2.45, 2.75) is 6.92 Å². The summed E-state index contributed by atoms with van der Waals surface area (Å²) in [6.45, 7) is 2.52. The van der Waals surface area contributed by atoms with Crippen LogP contribution in [-0.2, 0) is 0 Å². The Bertz CT molecular complexity index is 636. The molecular formula is C14H12N2O2. The predicted octanol–water partition coefficient (Wildman–Crippen LogP) is 2.31. The highest BCUT2D eigenvalue weighted by molar-refractivity contribution is 5.70. The van der Waals surface area contributed by atoms with Crippen molar-refractivity contribution >= 4 is 0 Å². The maximum atomic E-state index is 11.5. The topological polar surface area (TPSA) is 65.9 Å². The van der Waals surface area contributed by atoms with Gasteiger partial charge >= 0.3 is 0 Å². The molecule has 1 aromatic heterocycles. The molecule has 18 heavy (non-hydrogen) atoms. The average molecular weight is 240 g/mol. The average Bonchev–Trinajstić information content (AvgIpc) is 2.40. The molecule has 4 nitrogen and oxygen atoms in total. The number of benzene rings is 1. The van der Waals surface area contributed by atoms with Crippen LogP contribution in [0, 0.1) is 11.3 Å². The van der Waals surface area contributed by atoms with E-state index in [-0.39, 0.29) is 11.1 Å². The molecule has 4 heteroatoms. The van der Waals surface area contributed by atoms with Gasteiger partial charge in [0.2, 0.25) is 0 Å². The number of rotatable bonds is 3. The Balaban J connectivity index is 2.47. The second kappa shape index (κ2) is 5.19. The van der Waals surface area contributed by atoms with Gasteiger partial charge in [-0.25, -0.2) is 0 Å². The van der Waals surface area contributed by atoms with Crippen LogP contribution in [0.25, 0.3) is 11.1 Å². The van der Waals surface area contributed by atoms with Gasteiger partial charge in [0.15, 0.2) is 0 Å². The summed E-state index contributed by atoms with van der Waals surface area (Å²) in [4.78, 5) is 14.0. The molecule has 0 atom stereocenters. The van der Waals surface area contributed by atoms with Crippen LogP contribution >= 0.6 is 0 Å². The Morgan fingerprint density at radius 3 is 2.61 bits per heavy atom. The van der Waals surface area contributed by atoms with Crippen LogP contribution in [0.15, 0.2) is 41.3 Å². The van der Waals surface area contributed by atoms with Crippen molar-refractivity contribution in [2.75, 3.05) is 6.61 Å². The summed E-state index contributed by atoms with van der Waals surface area (Å²) < 4.78 is 5.34. The van der Waals surface area contributed by atoms with Crippen molar-refractivity contribution in [1.82, 2.24) is 4.98 Å². The van der Waals surface area contributed by atoms with Crippen LogP contribution in [0.5, 0.6) is 5.75 Å². The molecule has 0 saturated carbocycles. The first kappa shape index (κ1) is 11.9. The van der Waals surface area contributed by atoms with Crippen molar-refractivity contribution in [3.8, 4) is 22.9 Å². The molecule has 0 aliphatic carbocycles. The summed E-state index contributed by atoms with van der Waals surface area (Å²) in [6, 6.07) is 11.0. The molecule has 0 saturated heterocycles. The van der Waals surface area contributed by atoms with Crippen LogP contribution in [0.1, 0.15) is 12.5 Å². The fourth-order valence-corrected chi connectivity index (χ4v) is 1.73. The summed E-state index contributed by atoms with van der Waals surface area (Å²) in [5.74, 6) is 0.768. The molecular weight excluding hydrogens is 228 g/mol. The molecule has 90 valence electrons. The number of nitriles is 1. The van der Waals surface area contributed by atoms with Crippen LogP contribution in [-0.4, -0.2) is 11.6 Å². The number of nitrogens with zero attached hydrogens (tertiary/aromatic N) is 1. The standard InChI is InChI=1S/C14H12N2O2/c1-2-18-11-5-3-10(4-6-11)12-7-8-16-14(17)13(12)9-15/h3-8H,2H2,1H3,(H,16,17). The molecule has 2 rings (SSSR count). The van der Waals surface area contributed by atoms with E-state index in [0.29, 0.717) is 12.2 Å². The highest BCUT2D eigenvalue weighted by Gasteiger charge is 2.08. The number of pyridine rings is 1. The number of hydrogen-bond donors (Lipinski definition) is 1. The molecule has 0 spiro atoms. The minimum Gasteiger partial charge on any atom is -0.494 e. The second-order valence-electron chi connectivity index (χ2n) is 3.66. The summed E-state index contributed by atoms with van der Waals surface area (Å²) >= 11 is 0. The molecule has 0 bridgehead atoms. The fourth-order valence-electron chi connectivity index (χ4n) is 1.73. The molecule has 1 aromatic carbocycles. The maximum Gasteiger partial charge on any atom is 0.266 e. The molecule has 1 heterocycles. The third-order valence-electron chi connectivity index (χ3n) is 2.55. The summed E-state index contributed by atoms with van der Waals surface area (Å²) in [7, 11) is 0. The SMILES string of the molecule is CCOc1ccc(-c2cc[nH]c(=O)c2C#N)cc1. The van der Waals surface area contributed by atoms with Gasteiger partial charge in [0, 0.05) is 11.8 Å². The third-order valence-corrected chi connectivity index (χ3v) is 2.55. The number of nitrogens with one attached hydrogen (secondary N) is 1. The summed E-state index contributed by atoms with van der Waals surface area (Å²) in [6.07, 6.45) is 1.54. The number of aromatic nitrogens is 1. The Hall–Kier alpha value is -2.54. The highest BCUT2D eigenvalue weighted by Crippen LogP contribution is 2.23. The number of hydrogen-bond acceptors (Lipinski definition) is 3. The normalized spacial score (nSPS) is 9.78. The molecule has 0 unspecified atom stereocenters. The van der Waals surface area contributed by atoms with E-state index < -0.39 is 0 Å². The molecule has 0 radical (unpaired) electrons. The van der Waals surface area contributed by atoms with E-state index in [1.807, 2.05) is 37.3 Å². The largest absolute Gasteiger partial charge is 0.494 e. The van der Waals surface area contributed by atoms with Crippen molar-refractivity contribution in [3.05, 3.63) is 52.4 Å². The molecule has 0 aliphatic heterocycles. The highest BCUT2D eigenvalue weighted by atomic mass is 16.5. The van der Waals surface area contributed by atoms with Gasteiger partial charge < -0.3 is 9.72 Å². The van der Waals surface area contributed by atoms with Gasteiger partial charge in [-0.1, -0.05) is 12.1 Å². The van der Waals surface area contributed by atoms with Gasteiger partial charge in [0.05, 0.1) is 6.61 Å². The minimum absolute atomic E-state index is 0.127. The van der Waals surface area contributed by atoms with E-state index in [2.05, 4.69) is 4.98 Å². The van der Waals surface area contributed by atoms with Crippen LogP contribution in [0.3, 0.4) is 0 Å². The molecule has 2 aromatic rings. The van der Waals surface area contributed by atoms with Gasteiger partial charge in [-0.3, -0.25) is 4.79 Å². The van der Waals surface area contributed by atoms with Gasteiger partial charge in [-0.2, -0.15) is 5.26 Å². The number of ether oxygens (including phenoxy) is 1. The zero-order chi connectivity index (χ0) is 13.0. The maximum absolute atomic E-state index is 11.5. The Morgan fingerprint density at radius 2 is 2.00 bits per heavy atom. The van der Waals surface area contributed by atoms with E-state index >= 15 is 0 Å². The van der Waals surface area contributed by atoms with Crippen molar-refractivity contribution in [1.29, 1.82) is 5.26 Å². The Labute approximate surface area is 104 Å². The van der Waals surface area contributed by atoms with Gasteiger partial charge in [0.1, 0.15) is 17.4 Å². The van der Waals surface area contributed by atoms with Crippen LogP contribution in [0.2, 0.25) is 0 Å². The van der Waals surface area contributed by atoms with Crippen molar-refractivity contribution in [2.24, 2.45) is 0 Å². The van der Waals surface area contributed by atoms with Crippen molar-refractivity contribution in [3.63, 3.8) is 0 Å². The Morgan fingerprint density at radius 1 is 1.28 bits per heavy atom. The molecule has 0 fully saturated rings. The molecule has 0 amide bonds. The number of aromatic amines is 1. The lowest BCUT2D eigenvalue weighted by Crippen LogP contribution is -2.10. The smallest absolute Gasteiger partial charge is 0.266 e. The summed E-state index contributed by atoms with van der Waals surface area (Å²) in [5.41, 5.74) is 1.20. The molecule has 1 N–H and O–H groups in total. The van der Waals surface area contributed by atoms with E-state index in [0.717, 1.165) is 11.3 Å². The number of H-pyrrole nitrogens is 1. The first-order chi connectivity index (χ1) is 8.76. The molecule has 0 aliphatic rings. The lowest BCUT2D eigenvalue weighted by Gasteiger charge is -2.06. The van der Waals surface area contributed by atoms with E-state index in [1.54, 1.807) is 6.07 Å².